The van der Waals surface area contributed by atoms with Crippen molar-refractivity contribution in [3.05, 3.63) is 82.7 Å². The van der Waals surface area contributed by atoms with Crippen LogP contribution in [0.25, 0.3) is 16.7 Å². The molecule has 29 heavy (non-hydrogen) atoms. The number of fused-ring (bicyclic) bond motifs is 1. The third-order valence-electron chi connectivity index (χ3n) is 4.41. The van der Waals surface area contributed by atoms with Crippen molar-refractivity contribution in [3.8, 4) is 5.69 Å². The summed E-state index contributed by atoms with van der Waals surface area (Å²) < 4.78 is 14.7. The second-order valence-corrected chi connectivity index (χ2v) is 6.42. The van der Waals surface area contributed by atoms with E-state index < -0.39 is 23.4 Å². The molecule has 4 rings (SSSR count). The molecule has 0 radical (unpaired) electrons. The normalized spacial score (nSPS) is 12.0. The Labute approximate surface area is 163 Å². The standard InChI is InChI=1S/C20H16FN5O3/c21-13-9-14-16(11-23-19(14)22-10-13)26-18(27)7-6-17(25-26)24-15(20(28)29)8-12-4-2-1-3-5-12/h1-7,9-11,15H,8H2,(H,22,23)(H,24,25)(H,28,29)/t15-/m0/s1. The highest BCUT2D eigenvalue weighted by Gasteiger charge is 2.19. The maximum absolute atomic E-state index is 13.6. The molecule has 1 aromatic carbocycles. The Kier molecular flexibility index (Phi) is 4.78. The molecule has 0 aliphatic carbocycles. The number of carboxylic acids is 1. The minimum absolute atomic E-state index is 0.201. The molecule has 3 aromatic heterocycles. The number of benzene rings is 1. The van der Waals surface area contributed by atoms with Gasteiger partial charge in [0.1, 0.15) is 23.3 Å². The van der Waals surface area contributed by atoms with Gasteiger partial charge in [0.15, 0.2) is 0 Å². The van der Waals surface area contributed by atoms with Gasteiger partial charge in [0.2, 0.25) is 0 Å². The van der Waals surface area contributed by atoms with Crippen LogP contribution in [-0.2, 0) is 11.2 Å². The Morgan fingerprint density at radius 1 is 1.24 bits per heavy atom. The summed E-state index contributed by atoms with van der Waals surface area (Å²) in [7, 11) is 0. The summed E-state index contributed by atoms with van der Waals surface area (Å²) in [5, 5.41) is 17.0. The molecule has 4 aromatic rings. The molecule has 9 heteroatoms. The first-order chi connectivity index (χ1) is 14.0. The number of aromatic nitrogens is 4. The van der Waals surface area contributed by atoms with E-state index in [1.54, 1.807) is 0 Å². The molecule has 0 amide bonds. The van der Waals surface area contributed by atoms with Crippen LogP contribution in [0.5, 0.6) is 0 Å². The Balaban J connectivity index is 1.68. The van der Waals surface area contributed by atoms with Crippen LogP contribution >= 0.6 is 0 Å². The molecule has 0 saturated heterocycles. The van der Waals surface area contributed by atoms with Gasteiger partial charge in [-0.2, -0.15) is 4.68 Å². The number of anilines is 1. The van der Waals surface area contributed by atoms with E-state index in [-0.39, 0.29) is 12.2 Å². The van der Waals surface area contributed by atoms with E-state index in [9.17, 15) is 19.1 Å². The number of nitrogens with one attached hydrogen (secondary N) is 2. The van der Waals surface area contributed by atoms with Crippen LogP contribution in [-0.4, -0.2) is 36.9 Å². The number of H-pyrrole nitrogens is 1. The number of rotatable bonds is 6. The Morgan fingerprint density at radius 3 is 2.79 bits per heavy atom. The zero-order chi connectivity index (χ0) is 20.4. The first-order valence-corrected chi connectivity index (χ1v) is 8.78. The van der Waals surface area contributed by atoms with Gasteiger partial charge in [-0.25, -0.2) is 14.2 Å². The largest absolute Gasteiger partial charge is 0.480 e. The summed E-state index contributed by atoms with van der Waals surface area (Å²) >= 11 is 0. The average Bonchev–Trinajstić information content (AvgIpc) is 3.12. The van der Waals surface area contributed by atoms with E-state index in [1.165, 1.54) is 24.4 Å². The first-order valence-electron chi connectivity index (χ1n) is 8.78. The average molecular weight is 393 g/mol. The summed E-state index contributed by atoms with van der Waals surface area (Å²) in [6.07, 6.45) is 2.80. The Bertz CT molecular complexity index is 1240. The van der Waals surface area contributed by atoms with Crippen molar-refractivity contribution < 1.29 is 14.3 Å². The molecule has 0 unspecified atom stereocenters. The van der Waals surface area contributed by atoms with Crippen LogP contribution in [0.4, 0.5) is 10.2 Å². The molecule has 0 fully saturated rings. The zero-order valence-electron chi connectivity index (χ0n) is 15.0. The number of carboxylic acid groups (broad SMARTS) is 1. The van der Waals surface area contributed by atoms with Crippen molar-refractivity contribution in [2.45, 2.75) is 12.5 Å². The molecule has 146 valence electrons. The second kappa shape index (κ2) is 7.55. The molecule has 0 saturated carbocycles. The quantitative estimate of drug-likeness (QED) is 0.464. The highest BCUT2D eigenvalue weighted by molar-refractivity contribution is 5.85. The second-order valence-electron chi connectivity index (χ2n) is 6.42. The van der Waals surface area contributed by atoms with Gasteiger partial charge in [-0.1, -0.05) is 30.3 Å². The molecular formula is C20H16FN5O3. The van der Waals surface area contributed by atoms with Gasteiger partial charge in [-0.3, -0.25) is 4.79 Å². The molecule has 0 bridgehead atoms. The molecule has 3 N–H and O–H groups in total. The Hall–Kier alpha value is -4.01. The van der Waals surface area contributed by atoms with Gasteiger partial charge in [0.25, 0.3) is 5.56 Å². The molecule has 0 spiro atoms. The molecular weight excluding hydrogens is 377 g/mol. The number of aromatic amines is 1. The predicted octanol–water partition coefficient (Wildman–Crippen LogP) is 2.36. The van der Waals surface area contributed by atoms with E-state index in [2.05, 4.69) is 20.4 Å². The monoisotopic (exact) mass is 393 g/mol. The van der Waals surface area contributed by atoms with Crippen LogP contribution in [0.1, 0.15) is 5.56 Å². The lowest BCUT2D eigenvalue weighted by Gasteiger charge is -2.16. The van der Waals surface area contributed by atoms with Gasteiger partial charge in [-0.05, 0) is 17.7 Å². The van der Waals surface area contributed by atoms with Crippen LogP contribution < -0.4 is 10.9 Å². The van der Waals surface area contributed by atoms with Crippen molar-refractivity contribution in [1.82, 2.24) is 19.7 Å². The number of nitrogens with zero attached hydrogens (tertiary/aromatic N) is 3. The summed E-state index contributed by atoms with van der Waals surface area (Å²) in [5.74, 6) is -1.40. The smallest absolute Gasteiger partial charge is 0.326 e. The number of hydrogen-bond acceptors (Lipinski definition) is 5. The molecule has 0 aliphatic rings. The van der Waals surface area contributed by atoms with E-state index in [1.807, 2.05) is 30.3 Å². The Morgan fingerprint density at radius 2 is 2.03 bits per heavy atom. The number of halogens is 1. The lowest BCUT2D eigenvalue weighted by atomic mass is 10.1. The van der Waals surface area contributed by atoms with Gasteiger partial charge in [0.05, 0.1) is 11.9 Å². The van der Waals surface area contributed by atoms with Crippen molar-refractivity contribution in [2.24, 2.45) is 0 Å². The van der Waals surface area contributed by atoms with Crippen LogP contribution in [0.3, 0.4) is 0 Å². The van der Waals surface area contributed by atoms with Crippen molar-refractivity contribution in [1.29, 1.82) is 0 Å². The van der Waals surface area contributed by atoms with E-state index in [4.69, 9.17) is 0 Å². The molecule has 0 aliphatic heterocycles. The van der Waals surface area contributed by atoms with Gasteiger partial charge in [0, 0.05) is 24.1 Å². The molecule has 1 atom stereocenters. The van der Waals surface area contributed by atoms with Crippen LogP contribution in [0.2, 0.25) is 0 Å². The summed E-state index contributed by atoms with van der Waals surface area (Å²) in [6.45, 7) is 0. The lowest BCUT2D eigenvalue weighted by molar-refractivity contribution is -0.137. The topological polar surface area (TPSA) is 113 Å². The van der Waals surface area contributed by atoms with Gasteiger partial charge < -0.3 is 15.4 Å². The van der Waals surface area contributed by atoms with Crippen LogP contribution in [0.15, 0.2) is 65.7 Å². The lowest BCUT2D eigenvalue weighted by Crippen LogP contribution is -2.33. The fourth-order valence-electron chi connectivity index (χ4n) is 3.03. The van der Waals surface area contributed by atoms with E-state index in [0.29, 0.717) is 16.7 Å². The minimum atomic E-state index is -1.05. The fourth-order valence-corrected chi connectivity index (χ4v) is 3.03. The third-order valence-corrected chi connectivity index (χ3v) is 4.41. The first kappa shape index (κ1) is 18.4. The predicted molar refractivity (Wildman–Crippen MR) is 105 cm³/mol. The van der Waals surface area contributed by atoms with Crippen molar-refractivity contribution in [3.63, 3.8) is 0 Å². The SMILES string of the molecule is O=C(O)[C@H](Cc1ccccc1)Nc1ccc(=O)n(-c2c[nH]c3ncc(F)cc23)n1. The fraction of sp³-hybridized carbons (Fsp3) is 0.100. The van der Waals surface area contributed by atoms with E-state index in [0.717, 1.165) is 16.4 Å². The maximum atomic E-state index is 13.6. The van der Waals surface area contributed by atoms with Crippen molar-refractivity contribution >= 4 is 22.8 Å². The minimum Gasteiger partial charge on any atom is -0.480 e. The highest BCUT2D eigenvalue weighted by Crippen LogP contribution is 2.20. The highest BCUT2D eigenvalue weighted by atomic mass is 19.1. The maximum Gasteiger partial charge on any atom is 0.326 e. The number of hydrogen-bond donors (Lipinski definition) is 3. The van der Waals surface area contributed by atoms with E-state index >= 15 is 0 Å². The number of pyridine rings is 1. The van der Waals surface area contributed by atoms with Gasteiger partial charge >= 0.3 is 5.97 Å². The zero-order valence-corrected chi connectivity index (χ0v) is 15.0. The summed E-state index contributed by atoms with van der Waals surface area (Å²) in [5.41, 5.74) is 1.12. The summed E-state index contributed by atoms with van der Waals surface area (Å²) in [4.78, 5) is 30.8. The molecule has 8 nitrogen and oxygen atoms in total. The third kappa shape index (κ3) is 3.84. The summed E-state index contributed by atoms with van der Waals surface area (Å²) in [6, 6.07) is 12.2. The van der Waals surface area contributed by atoms with Crippen LogP contribution in [0, 0.1) is 5.82 Å². The number of aliphatic carboxylic acids is 1. The molecule has 3 heterocycles. The van der Waals surface area contributed by atoms with Gasteiger partial charge in [-0.15, -0.1) is 5.10 Å². The van der Waals surface area contributed by atoms with Crippen molar-refractivity contribution in [2.75, 3.05) is 5.32 Å². The number of carbonyl (C=O) groups is 1.